The average molecular weight is 305 g/mol. The summed E-state index contributed by atoms with van der Waals surface area (Å²) in [6.45, 7) is 2.99. The van der Waals surface area contributed by atoms with Crippen LogP contribution in [-0.2, 0) is 11.2 Å². The van der Waals surface area contributed by atoms with Gasteiger partial charge in [-0.3, -0.25) is 11.3 Å². The highest BCUT2D eigenvalue weighted by Gasteiger charge is 2.31. The summed E-state index contributed by atoms with van der Waals surface area (Å²) in [5.74, 6) is 6.18. The van der Waals surface area contributed by atoms with Gasteiger partial charge in [-0.15, -0.1) is 11.3 Å². The van der Waals surface area contributed by atoms with Gasteiger partial charge in [-0.25, -0.2) is 0 Å². The number of hydrogen-bond donors (Lipinski definition) is 2. The molecule has 0 spiro atoms. The third-order valence-corrected chi connectivity index (χ3v) is 5.21. The maximum absolute atomic E-state index is 5.67. The molecule has 3 N–H and O–H groups in total. The normalized spacial score (nSPS) is 27.2. The Morgan fingerprint density at radius 3 is 3.06 bits per heavy atom. The molecule has 1 saturated heterocycles. The summed E-state index contributed by atoms with van der Waals surface area (Å²) in [7, 11) is 0. The first-order chi connectivity index (χ1) is 7.72. The lowest BCUT2D eigenvalue weighted by atomic mass is 9.91. The van der Waals surface area contributed by atoms with Gasteiger partial charge < -0.3 is 4.74 Å². The molecule has 3 unspecified atom stereocenters. The van der Waals surface area contributed by atoms with E-state index in [0.29, 0.717) is 18.1 Å². The standard InChI is InChI=1S/C11H17BrN2OS/c1-7-8(2-4-15-7)10(14-13)6-11-9(12)3-5-16-11/h3,5,7-8,10,14H,2,4,6,13H2,1H3. The number of ether oxygens (including phenoxy) is 1. The Bertz CT molecular complexity index is 344. The molecule has 1 aromatic heterocycles. The highest BCUT2D eigenvalue weighted by atomic mass is 79.9. The average Bonchev–Trinajstić information content (AvgIpc) is 2.85. The number of thiophene rings is 1. The summed E-state index contributed by atoms with van der Waals surface area (Å²) in [6, 6.07) is 2.38. The van der Waals surface area contributed by atoms with Gasteiger partial charge in [0.2, 0.25) is 0 Å². The van der Waals surface area contributed by atoms with Gasteiger partial charge in [0.25, 0.3) is 0 Å². The molecule has 2 rings (SSSR count). The Labute approximate surface area is 108 Å². The van der Waals surface area contributed by atoms with Crippen molar-refractivity contribution in [3.63, 3.8) is 0 Å². The Kier molecular flexibility index (Phi) is 4.38. The van der Waals surface area contributed by atoms with Gasteiger partial charge in [-0.05, 0) is 47.1 Å². The van der Waals surface area contributed by atoms with E-state index in [1.54, 1.807) is 11.3 Å². The SMILES string of the molecule is CC1OCCC1C(Cc1sccc1Br)NN. The first kappa shape index (κ1) is 12.5. The minimum absolute atomic E-state index is 0.299. The van der Waals surface area contributed by atoms with Crippen molar-refractivity contribution in [3.05, 3.63) is 20.8 Å². The van der Waals surface area contributed by atoms with Gasteiger partial charge in [0, 0.05) is 27.9 Å². The van der Waals surface area contributed by atoms with E-state index in [4.69, 9.17) is 10.6 Å². The maximum atomic E-state index is 5.67. The fraction of sp³-hybridized carbons (Fsp3) is 0.636. The summed E-state index contributed by atoms with van der Waals surface area (Å²) in [5.41, 5.74) is 2.95. The second-order valence-corrected chi connectivity index (χ2v) is 6.05. The Balaban J connectivity index is 2.03. The van der Waals surface area contributed by atoms with Crippen LogP contribution in [0.5, 0.6) is 0 Å². The van der Waals surface area contributed by atoms with Gasteiger partial charge in [-0.1, -0.05) is 0 Å². The van der Waals surface area contributed by atoms with Crippen molar-refractivity contribution >= 4 is 27.3 Å². The van der Waals surface area contributed by atoms with Gasteiger partial charge >= 0.3 is 0 Å². The third-order valence-electron chi connectivity index (χ3n) is 3.26. The molecule has 2 heterocycles. The molecule has 0 aromatic carbocycles. The van der Waals surface area contributed by atoms with Crippen molar-refractivity contribution in [2.75, 3.05) is 6.61 Å². The minimum Gasteiger partial charge on any atom is -0.378 e. The highest BCUT2D eigenvalue weighted by molar-refractivity contribution is 9.10. The molecule has 1 aliphatic rings. The van der Waals surface area contributed by atoms with Crippen LogP contribution in [0.2, 0.25) is 0 Å². The summed E-state index contributed by atoms with van der Waals surface area (Å²) in [4.78, 5) is 1.35. The van der Waals surface area contributed by atoms with Crippen molar-refractivity contribution in [1.29, 1.82) is 0 Å². The number of hydrazine groups is 1. The Hall–Kier alpha value is 0.0600. The fourth-order valence-corrected chi connectivity index (χ4v) is 3.86. The largest absolute Gasteiger partial charge is 0.378 e. The predicted octanol–water partition coefficient (Wildman–Crippen LogP) is 2.31. The molecule has 16 heavy (non-hydrogen) atoms. The topological polar surface area (TPSA) is 47.3 Å². The second-order valence-electron chi connectivity index (χ2n) is 4.20. The molecule has 0 aliphatic carbocycles. The predicted molar refractivity (Wildman–Crippen MR) is 70.4 cm³/mol. The van der Waals surface area contributed by atoms with Crippen LogP contribution in [0, 0.1) is 5.92 Å². The lowest BCUT2D eigenvalue weighted by Crippen LogP contribution is -2.44. The monoisotopic (exact) mass is 304 g/mol. The van der Waals surface area contributed by atoms with Crippen LogP contribution in [0.1, 0.15) is 18.2 Å². The first-order valence-electron chi connectivity index (χ1n) is 5.52. The molecular weight excluding hydrogens is 288 g/mol. The van der Waals surface area contributed by atoms with E-state index in [1.807, 2.05) is 0 Å². The van der Waals surface area contributed by atoms with Crippen LogP contribution in [0.25, 0.3) is 0 Å². The van der Waals surface area contributed by atoms with Crippen LogP contribution in [0.4, 0.5) is 0 Å². The summed E-state index contributed by atoms with van der Waals surface area (Å²) >= 11 is 5.33. The van der Waals surface area contributed by atoms with Crippen molar-refractivity contribution in [1.82, 2.24) is 5.43 Å². The second kappa shape index (κ2) is 5.60. The van der Waals surface area contributed by atoms with E-state index in [0.717, 1.165) is 19.4 Å². The molecule has 90 valence electrons. The zero-order valence-corrected chi connectivity index (χ0v) is 11.7. The molecule has 3 nitrogen and oxygen atoms in total. The molecular formula is C11H17BrN2OS. The molecule has 1 aromatic rings. The zero-order valence-electron chi connectivity index (χ0n) is 9.28. The number of nitrogens with two attached hydrogens (primary N) is 1. The highest BCUT2D eigenvalue weighted by Crippen LogP contribution is 2.29. The van der Waals surface area contributed by atoms with E-state index in [9.17, 15) is 0 Å². The number of rotatable bonds is 4. The van der Waals surface area contributed by atoms with Crippen molar-refractivity contribution < 1.29 is 4.74 Å². The van der Waals surface area contributed by atoms with Crippen LogP contribution in [0.3, 0.4) is 0 Å². The van der Waals surface area contributed by atoms with E-state index in [-0.39, 0.29) is 0 Å². The smallest absolute Gasteiger partial charge is 0.0591 e. The summed E-state index contributed by atoms with van der Waals surface area (Å²) < 4.78 is 6.78. The van der Waals surface area contributed by atoms with Crippen LogP contribution in [0.15, 0.2) is 15.9 Å². The van der Waals surface area contributed by atoms with Crippen LogP contribution < -0.4 is 11.3 Å². The Morgan fingerprint density at radius 1 is 1.75 bits per heavy atom. The first-order valence-corrected chi connectivity index (χ1v) is 7.19. The van der Waals surface area contributed by atoms with Crippen LogP contribution in [-0.4, -0.2) is 18.8 Å². The quantitative estimate of drug-likeness (QED) is 0.663. The molecule has 0 radical (unpaired) electrons. The lowest BCUT2D eigenvalue weighted by Gasteiger charge is -2.24. The lowest BCUT2D eigenvalue weighted by molar-refractivity contribution is 0.0954. The van der Waals surface area contributed by atoms with Gasteiger partial charge in [-0.2, -0.15) is 0 Å². The summed E-state index contributed by atoms with van der Waals surface area (Å²) in [6.07, 6.45) is 2.37. The van der Waals surface area contributed by atoms with Crippen molar-refractivity contribution in [2.45, 2.75) is 31.9 Å². The Morgan fingerprint density at radius 2 is 2.56 bits per heavy atom. The van der Waals surface area contributed by atoms with E-state index in [1.165, 1.54) is 9.35 Å². The molecule has 1 aliphatic heterocycles. The number of hydrogen-bond acceptors (Lipinski definition) is 4. The zero-order chi connectivity index (χ0) is 11.5. The molecule has 1 fully saturated rings. The van der Waals surface area contributed by atoms with Gasteiger partial charge in [0.15, 0.2) is 0 Å². The molecule has 0 saturated carbocycles. The molecule has 0 amide bonds. The van der Waals surface area contributed by atoms with E-state index >= 15 is 0 Å². The van der Waals surface area contributed by atoms with E-state index in [2.05, 4.69) is 39.7 Å². The molecule has 0 bridgehead atoms. The van der Waals surface area contributed by atoms with Gasteiger partial charge in [0.05, 0.1) is 6.10 Å². The fourth-order valence-electron chi connectivity index (χ4n) is 2.28. The number of nitrogens with one attached hydrogen (secondary N) is 1. The third kappa shape index (κ3) is 2.65. The van der Waals surface area contributed by atoms with Gasteiger partial charge in [0.1, 0.15) is 0 Å². The van der Waals surface area contributed by atoms with Crippen molar-refractivity contribution in [2.24, 2.45) is 11.8 Å². The van der Waals surface area contributed by atoms with Crippen LogP contribution >= 0.6 is 27.3 Å². The summed E-state index contributed by atoms with van der Waals surface area (Å²) in [5, 5.41) is 2.10. The maximum Gasteiger partial charge on any atom is 0.0591 e. The number of halogens is 1. The molecule has 5 heteroatoms. The minimum atomic E-state index is 0.299. The van der Waals surface area contributed by atoms with E-state index < -0.39 is 0 Å². The van der Waals surface area contributed by atoms with Crippen molar-refractivity contribution in [3.8, 4) is 0 Å². The molecule has 3 atom stereocenters.